The van der Waals surface area contributed by atoms with Crippen molar-refractivity contribution in [2.75, 3.05) is 0 Å². The number of ether oxygens (including phenoxy) is 1. The number of thioether (sulfide) groups is 1. The van der Waals surface area contributed by atoms with Crippen molar-refractivity contribution in [1.29, 1.82) is 0 Å². The lowest BCUT2D eigenvalue weighted by Crippen LogP contribution is -2.07. The van der Waals surface area contributed by atoms with Gasteiger partial charge in [-0.1, -0.05) is 66.4 Å². The van der Waals surface area contributed by atoms with Crippen LogP contribution >= 0.6 is 11.8 Å². The number of hydrogen-bond donors (Lipinski definition) is 0. The van der Waals surface area contributed by atoms with Crippen LogP contribution in [0.4, 0.5) is 5.69 Å². The van der Waals surface area contributed by atoms with Gasteiger partial charge in [0.2, 0.25) is 0 Å². The van der Waals surface area contributed by atoms with Crippen LogP contribution in [0.1, 0.15) is 17.0 Å². The van der Waals surface area contributed by atoms with Crippen LogP contribution in [0.5, 0.6) is 5.75 Å². The summed E-state index contributed by atoms with van der Waals surface area (Å²) in [4.78, 5) is 11.0. The zero-order chi connectivity index (χ0) is 21.6. The van der Waals surface area contributed by atoms with Gasteiger partial charge in [-0.15, -0.1) is 10.2 Å². The van der Waals surface area contributed by atoms with Gasteiger partial charge in [0.25, 0.3) is 5.69 Å². The van der Waals surface area contributed by atoms with E-state index < -0.39 is 0 Å². The lowest BCUT2D eigenvalue weighted by atomic mass is 10.2. The highest BCUT2D eigenvalue weighted by Gasteiger charge is 2.18. The fourth-order valence-corrected chi connectivity index (χ4v) is 4.10. The second kappa shape index (κ2) is 9.44. The molecule has 0 fully saturated rings. The van der Waals surface area contributed by atoms with E-state index in [0.29, 0.717) is 22.3 Å². The molecule has 156 valence electrons. The van der Waals surface area contributed by atoms with Gasteiger partial charge in [-0.25, -0.2) is 0 Å². The molecular weight excluding hydrogens is 412 g/mol. The average Bonchev–Trinajstić information content (AvgIpc) is 3.20. The highest BCUT2D eigenvalue weighted by Crippen LogP contribution is 2.29. The molecule has 1 heterocycles. The van der Waals surface area contributed by atoms with Crippen molar-refractivity contribution in [1.82, 2.24) is 14.8 Å². The minimum absolute atomic E-state index is 0.101. The van der Waals surface area contributed by atoms with E-state index in [-0.39, 0.29) is 17.2 Å². The van der Waals surface area contributed by atoms with Crippen molar-refractivity contribution in [3.8, 4) is 11.4 Å². The first-order valence-corrected chi connectivity index (χ1v) is 10.7. The average molecular weight is 433 g/mol. The van der Waals surface area contributed by atoms with Crippen LogP contribution in [-0.2, 0) is 12.4 Å². The van der Waals surface area contributed by atoms with E-state index in [1.54, 1.807) is 18.2 Å². The quantitative estimate of drug-likeness (QED) is 0.212. The van der Waals surface area contributed by atoms with Gasteiger partial charge in [-0.2, -0.15) is 0 Å². The van der Waals surface area contributed by atoms with E-state index in [1.165, 1.54) is 17.8 Å². The number of nitro groups is 1. The molecule has 0 atom stereocenters. The Bertz CT molecular complexity index is 1190. The Balaban J connectivity index is 1.61. The van der Waals surface area contributed by atoms with Gasteiger partial charge in [0.1, 0.15) is 12.4 Å². The zero-order valence-electron chi connectivity index (χ0n) is 16.8. The number of aromatic nitrogens is 3. The normalized spacial score (nSPS) is 10.7. The smallest absolute Gasteiger partial charge is 0.273 e. The molecule has 0 saturated carbocycles. The Labute approximate surface area is 183 Å². The first kappa shape index (κ1) is 20.6. The monoisotopic (exact) mass is 432 g/mol. The van der Waals surface area contributed by atoms with Gasteiger partial charge < -0.3 is 4.74 Å². The van der Waals surface area contributed by atoms with Gasteiger partial charge >= 0.3 is 0 Å². The number of hydrogen-bond acceptors (Lipinski definition) is 6. The molecular formula is C23H20N4O3S. The van der Waals surface area contributed by atoms with Crippen molar-refractivity contribution in [3.05, 3.63) is 106 Å². The standard InChI is InChI=1S/C23H20N4O3S/c1-17-9-5-8-14-21(17)30-15-22-24-25-23(26(22)19-11-3-2-4-12-19)31-16-18-10-6-7-13-20(18)27(28)29/h2-14H,15-16H2,1H3. The van der Waals surface area contributed by atoms with Crippen LogP contribution in [-0.4, -0.2) is 19.7 Å². The summed E-state index contributed by atoms with van der Waals surface area (Å²) in [6.07, 6.45) is 0. The van der Waals surface area contributed by atoms with Crippen molar-refractivity contribution >= 4 is 17.4 Å². The third-order valence-corrected chi connectivity index (χ3v) is 5.69. The number of nitrogens with zero attached hydrogens (tertiary/aromatic N) is 4. The SMILES string of the molecule is Cc1ccccc1OCc1nnc(SCc2ccccc2[N+](=O)[O-])n1-c1ccccc1. The predicted molar refractivity (Wildman–Crippen MR) is 120 cm³/mol. The topological polar surface area (TPSA) is 83.1 Å². The summed E-state index contributed by atoms with van der Waals surface area (Å²) in [5.74, 6) is 1.85. The molecule has 0 aliphatic rings. The Hall–Kier alpha value is -3.65. The first-order chi connectivity index (χ1) is 15.1. The maximum Gasteiger partial charge on any atom is 0.273 e. The fraction of sp³-hybridized carbons (Fsp3) is 0.130. The third kappa shape index (κ3) is 4.75. The van der Waals surface area contributed by atoms with Crippen LogP contribution in [0.3, 0.4) is 0 Å². The minimum atomic E-state index is -0.362. The van der Waals surface area contributed by atoms with E-state index in [2.05, 4.69) is 10.2 Å². The molecule has 8 heteroatoms. The lowest BCUT2D eigenvalue weighted by molar-refractivity contribution is -0.385. The Kier molecular flexibility index (Phi) is 6.28. The van der Waals surface area contributed by atoms with Crippen LogP contribution in [0, 0.1) is 17.0 Å². The van der Waals surface area contributed by atoms with E-state index in [0.717, 1.165) is 17.0 Å². The molecule has 0 aliphatic carbocycles. The summed E-state index contributed by atoms with van der Waals surface area (Å²) in [5.41, 5.74) is 2.68. The molecule has 0 saturated heterocycles. The number of rotatable bonds is 8. The second-order valence-electron chi connectivity index (χ2n) is 6.80. The summed E-state index contributed by atoms with van der Waals surface area (Å²) < 4.78 is 7.92. The first-order valence-electron chi connectivity index (χ1n) is 9.66. The molecule has 0 unspecified atom stereocenters. The largest absolute Gasteiger partial charge is 0.485 e. The minimum Gasteiger partial charge on any atom is -0.485 e. The van der Waals surface area contributed by atoms with Gasteiger partial charge in [0, 0.05) is 23.1 Å². The summed E-state index contributed by atoms with van der Waals surface area (Å²) in [7, 11) is 0. The van der Waals surface area contributed by atoms with E-state index >= 15 is 0 Å². The van der Waals surface area contributed by atoms with Crippen molar-refractivity contribution in [2.45, 2.75) is 24.4 Å². The summed E-state index contributed by atoms with van der Waals surface area (Å²) in [6, 6.07) is 24.3. The zero-order valence-corrected chi connectivity index (χ0v) is 17.7. The number of para-hydroxylation sites is 3. The van der Waals surface area contributed by atoms with Gasteiger partial charge in [0.05, 0.1) is 4.92 Å². The molecule has 3 aromatic carbocycles. The number of aryl methyl sites for hydroxylation is 1. The highest BCUT2D eigenvalue weighted by atomic mass is 32.2. The van der Waals surface area contributed by atoms with Crippen LogP contribution < -0.4 is 4.74 Å². The third-order valence-electron chi connectivity index (χ3n) is 4.71. The van der Waals surface area contributed by atoms with Crippen LogP contribution in [0.2, 0.25) is 0 Å². The lowest BCUT2D eigenvalue weighted by Gasteiger charge is -2.12. The van der Waals surface area contributed by atoms with Crippen LogP contribution in [0.15, 0.2) is 84.0 Å². The summed E-state index contributed by atoms with van der Waals surface area (Å²) in [5, 5.41) is 20.6. The second-order valence-corrected chi connectivity index (χ2v) is 7.74. The van der Waals surface area contributed by atoms with Gasteiger partial charge in [-0.05, 0) is 30.7 Å². The maximum atomic E-state index is 11.3. The van der Waals surface area contributed by atoms with Gasteiger partial charge in [0.15, 0.2) is 11.0 Å². The Morgan fingerprint density at radius 3 is 2.45 bits per heavy atom. The molecule has 4 rings (SSSR count). The maximum absolute atomic E-state index is 11.3. The molecule has 0 spiro atoms. The molecule has 0 amide bonds. The molecule has 4 aromatic rings. The van der Waals surface area contributed by atoms with Crippen molar-refractivity contribution in [3.63, 3.8) is 0 Å². The summed E-state index contributed by atoms with van der Waals surface area (Å²) in [6.45, 7) is 2.24. The Morgan fingerprint density at radius 2 is 1.68 bits per heavy atom. The molecule has 7 nitrogen and oxygen atoms in total. The van der Waals surface area contributed by atoms with Crippen LogP contribution in [0.25, 0.3) is 5.69 Å². The highest BCUT2D eigenvalue weighted by molar-refractivity contribution is 7.98. The fourth-order valence-electron chi connectivity index (χ4n) is 3.14. The molecule has 0 aliphatic heterocycles. The van der Waals surface area contributed by atoms with Crippen molar-refractivity contribution in [2.24, 2.45) is 0 Å². The van der Waals surface area contributed by atoms with E-state index in [1.807, 2.05) is 66.1 Å². The number of nitro benzene ring substituents is 1. The van der Waals surface area contributed by atoms with Crippen molar-refractivity contribution < 1.29 is 9.66 Å². The molecule has 0 bridgehead atoms. The van der Waals surface area contributed by atoms with E-state index in [9.17, 15) is 10.1 Å². The van der Waals surface area contributed by atoms with E-state index in [4.69, 9.17) is 4.74 Å². The van der Waals surface area contributed by atoms with Gasteiger partial charge in [-0.3, -0.25) is 14.7 Å². The molecule has 31 heavy (non-hydrogen) atoms. The predicted octanol–water partition coefficient (Wildman–Crippen LogP) is 5.36. The number of benzene rings is 3. The molecule has 1 aromatic heterocycles. The molecule has 0 radical (unpaired) electrons. The summed E-state index contributed by atoms with van der Waals surface area (Å²) >= 11 is 1.40. The Morgan fingerprint density at radius 1 is 0.968 bits per heavy atom. The molecule has 0 N–H and O–H groups in total.